The fourth-order valence-electron chi connectivity index (χ4n) is 2.80. The third-order valence-corrected chi connectivity index (χ3v) is 6.59. The maximum atomic E-state index is 13.4. The van der Waals surface area contributed by atoms with Crippen molar-refractivity contribution in [3.63, 3.8) is 0 Å². The number of hydrogen-bond donors (Lipinski definition) is 0. The molecule has 0 bridgehead atoms. The van der Waals surface area contributed by atoms with Gasteiger partial charge in [0.2, 0.25) is 10.0 Å². The van der Waals surface area contributed by atoms with Crippen molar-refractivity contribution < 1.29 is 17.2 Å². The zero-order chi connectivity index (χ0) is 18.2. The standard InChI is InChI=1S/C17H17ClF2N2O2S/c1-12-10-14(3-4-15(12)18)25(23,24)22-8-6-21(7-9-22)13-2-5-16(19)17(20)11-13/h2-5,10-11H,6-9H2,1H3. The fourth-order valence-corrected chi connectivity index (χ4v) is 4.42. The van der Waals surface area contributed by atoms with Crippen molar-refractivity contribution in [1.82, 2.24) is 4.31 Å². The number of halogens is 3. The Morgan fingerprint density at radius 1 is 0.960 bits per heavy atom. The average molecular weight is 387 g/mol. The Bertz CT molecular complexity index is 898. The van der Waals surface area contributed by atoms with E-state index in [4.69, 9.17) is 11.6 Å². The molecule has 0 atom stereocenters. The van der Waals surface area contributed by atoms with Crippen LogP contribution in [0.2, 0.25) is 5.02 Å². The first-order valence-corrected chi connectivity index (χ1v) is 9.57. The molecule has 0 N–H and O–H groups in total. The molecule has 1 aliphatic rings. The predicted molar refractivity (Wildman–Crippen MR) is 93.5 cm³/mol. The number of hydrogen-bond acceptors (Lipinski definition) is 3. The normalized spacial score (nSPS) is 16.2. The van der Waals surface area contributed by atoms with E-state index in [0.29, 0.717) is 29.4 Å². The Hall–Kier alpha value is -1.70. The van der Waals surface area contributed by atoms with Gasteiger partial charge in [-0.3, -0.25) is 0 Å². The van der Waals surface area contributed by atoms with Crippen molar-refractivity contribution in [2.75, 3.05) is 31.1 Å². The molecule has 4 nitrogen and oxygen atoms in total. The molecule has 1 fully saturated rings. The molecule has 3 rings (SSSR count). The molecule has 0 radical (unpaired) electrons. The molecule has 25 heavy (non-hydrogen) atoms. The number of aryl methyl sites for hydroxylation is 1. The minimum absolute atomic E-state index is 0.204. The van der Waals surface area contributed by atoms with E-state index in [-0.39, 0.29) is 18.0 Å². The van der Waals surface area contributed by atoms with Gasteiger partial charge in [-0.2, -0.15) is 4.31 Å². The van der Waals surface area contributed by atoms with Gasteiger partial charge < -0.3 is 4.90 Å². The van der Waals surface area contributed by atoms with Gasteiger partial charge in [-0.1, -0.05) is 11.6 Å². The van der Waals surface area contributed by atoms with Crippen LogP contribution in [0.4, 0.5) is 14.5 Å². The summed E-state index contributed by atoms with van der Waals surface area (Å²) >= 11 is 5.95. The molecule has 134 valence electrons. The number of rotatable bonds is 3. The SMILES string of the molecule is Cc1cc(S(=O)(=O)N2CCN(c3ccc(F)c(F)c3)CC2)ccc1Cl. The van der Waals surface area contributed by atoms with Crippen LogP contribution in [0.15, 0.2) is 41.3 Å². The maximum Gasteiger partial charge on any atom is 0.243 e. The van der Waals surface area contributed by atoms with Crippen LogP contribution < -0.4 is 4.90 Å². The van der Waals surface area contributed by atoms with Gasteiger partial charge in [0.1, 0.15) is 0 Å². The van der Waals surface area contributed by atoms with Crippen LogP contribution in [0.5, 0.6) is 0 Å². The highest BCUT2D eigenvalue weighted by atomic mass is 35.5. The Kier molecular flexibility index (Phi) is 4.99. The molecular formula is C17H17ClF2N2O2S. The molecule has 0 spiro atoms. The molecule has 0 saturated carbocycles. The quantitative estimate of drug-likeness (QED) is 0.811. The van der Waals surface area contributed by atoms with Crippen LogP contribution in [-0.2, 0) is 10.0 Å². The lowest BCUT2D eigenvalue weighted by molar-refractivity contribution is 0.384. The van der Waals surface area contributed by atoms with Gasteiger partial charge in [0.15, 0.2) is 11.6 Å². The molecular weight excluding hydrogens is 370 g/mol. The summed E-state index contributed by atoms with van der Waals surface area (Å²) in [7, 11) is -3.61. The zero-order valence-corrected chi connectivity index (χ0v) is 15.1. The van der Waals surface area contributed by atoms with Gasteiger partial charge in [-0.15, -0.1) is 0 Å². The van der Waals surface area contributed by atoms with E-state index in [1.54, 1.807) is 19.1 Å². The average Bonchev–Trinajstić information content (AvgIpc) is 2.60. The number of nitrogens with zero attached hydrogens (tertiary/aromatic N) is 2. The Balaban J connectivity index is 1.74. The number of benzene rings is 2. The van der Waals surface area contributed by atoms with Gasteiger partial charge in [-0.05, 0) is 42.8 Å². The van der Waals surface area contributed by atoms with E-state index in [0.717, 1.165) is 12.1 Å². The van der Waals surface area contributed by atoms with Crippen molar-refractivity contribution in [3.8, 4) is 0 Å². The monoisotopic (exact) mass is 386 g/mol. The van der Waals surface area contributed by atoms with Crippen LogP contribution in [0, 0.1) is 18.6 Å². The molecule has 8 heteroatoms. The van der Waals surface area contributed by atoms with Crippen LogP contribution in [0.1, 0.15) is 5.56 Å². The smallest absolute Gasteiger partial charge is 0.243 e. The number of anilines is 1. The molecule has 2 aromatic carbocycles. The maximum absolute atomic E-state index is 13.4. The van der Waals surface area contributed by atoms with Crippen molar-refractivity contribution in [3.05, 3.63) is 58.6 Å². The van der Waals surface area contributed by atoms with E-state index in [9.17, 15) is 17.2 Å². The highest BCUT2D eigenvalue weighted by Crippen LogP contribution is 2.25. The van der Waals surface area contributed by atoms with E-state index in [1.807, 2.05) is 4.90 Å². The second kappa shape index (κ2) is 6.90. The van der Waals surface area contributed by atoms with E-state index >= 15 is 0 Å². The molecule has 0 amide bonds. The molecule has 1 heterocycles. The summed E-state index contributed by atoms with van der Waals surface area (Å²) < 4.78 is 53.3. The fraction of sp³-hybridized carbons (Fsp3) is 0.294. The minimum atomic E-state index is -3.61. The first-order valence-electron chi connectivity index (χ1n) is 7.75. The summed E-state index contributed by atoms with van der Waals surface area (Å²) in [5.41, 5.74) is 1.24. The van der Waals surface area contributed by atoms with Crippen molar-refractivity contribution in [2.24, 2.45) is 0 Å². The molecule has 1 aliphatic heterocycles. The van der Waals surface area contributed by atoms with E-state index < -0.39 is 21.7 Å². The third kappa shape index (κ3) is 3.63. The molecule has 1 saturated heterocycles. The highest BCUT2D eigenvalue weighted by Gasteiger charge is 2.29. The lowest BCUT2D eigenvalue weighted by Crippen LogP contribution is -2.48. The van der Waals surface area contributed by atoms with Crippen molar-refractivity contribution in [1.29, 1.82) is 0 Å². The van der Waals surface area contributed by atoms with Gasteiger partial charge in [0.05, 0.1) is 4.90 Å². The molecule has 0 aromatic heterocycles. The van der Waals surface area contributed by atoms with Gasteiger partial charge in [-0.25, -0.2) is 17.2 Å². The van der Waals surface area contributed by atoms with Gasteiger partial charge in [0.25, 0.3) is 0 Å². The summed E-state index contributed by atoms with van der Waals surface area (Å²) in [6, 6.07) is 8.31. The first kappa shape index (κ1) is 18.1. The van der Waals surface area contributed by atoms with Crippen LogP contribution in [0.25, 0.3) is 0 Å². The van der Waals surface area contributed by atoms with Gasteiger partial charge >= 0.3 is 0 Å². The predicted octanol–water partition coefficient (Wildman–Crippen LogP) is 3.44. The topological polar surface area (TPSA) is 40.6 Å². The van der Waals surface area contributed by atoms with E-state index in [2.05, 4.69) is 0 Å². The molecule has 2 aromatic rings. The zero-order valence-electron chi connectivity index (χ0n) is 13.5. The van der Waals surface area contributed by atoms with Gasteiger partial charge in [0, 0.05) is 43.0 Å². The molecule has 0 unspecified atom stereocenters. The summed E-state index contributed by atoms with van der Waals surface area (Å²) in [5, 5.41) is 0.516. The van der Waals surface area contributed by atoms with Crippen LogP contribution in [0.3, 0.4) is 0 Å². The van der Waals surface area contributed by atoms with Crippen molar-refractivity contribution >= 4 is 27.3 Å². The first-order chi connectivity index (χ1) is 11.8. The number of sulfonamides is 1. The molecule has 0 aliphatic carbocycles. The van der Waals surface area contributed by atoms with Crippen LogP contribution in [-0.4, -0.2) is 38.9 Å². The Morgan fingerprint density at radius 2 is 1.64 bits per heavy atom. The highest BCUT2D eigenvalue weighted by molar-refractivity contribution is 7.89. The second-order valence-electron chi connectivity index (χ2n) is 5.90. The third-order valence-electron chi connectivity index (χ3n) is 4.27. The Labute approximate surface area is 150 Å². The summed E-state index contributed by atoms with van der Waals surface area (Å²) in [4.78, 5) is 2.04. The number of piperazine rings is 1. The lowest BCUT2D eigenvalue weighted by atomic mass is 10.2. The van der Waals surface area contributed by atoms with Crippen molar-refractivity contribution in [2.45, 2.75) is 11.8 Å². The minimum Gasteiger partial charge on any atom is -0.369 e. The van der Waals surface area contributed by atoms with Crippen LogP contribution >= 0.6 is 11.6 Å². The summed E-state index contributed by atoms with van der Waals surface area (Å²) in [6.07, 6.45) is 0. The second-order valence-corrected chi connectivity index (χ2v) is 8.25. The lowest BCUT2D eigenvalue weighted by Gasteiger charge is -2.35. The summed E-state index contributed by atoms with van der Waals surface area (Å²) in [5.74, 6) is -1.81. The Morgan fingerprint density at radius 3 is 2.24 bits per heavy atom. The van der Waals surface area contributed by atoms with E-state index in [1.165, 1.54) is 16.4 Å². The largest absolute Gasteiger partial charge is 0.369 e. The summed E-state index contributed by atoms with van der Waals surface area (Å²) in [6.45, 7) is 3.09.